The summed E-state index contributed by atoms with van der Waals surface area (Å²) >= 11 is 0. The third-order valence-electron chi connectivity index (χ3n) is 3.28. The number of likely N-dealkylation sites (N-methyl/N-ethyl adjacent to an activating group) is 1. The van der Waals surface area contributed by atoms with Crippen LogP contribution in [0.2, 0.25) is 0 Å². The van der Waals surface area contributed by atoms with Crippen LogP contribution in [0.1, 0.15) is 19.8 Å². The summed E-state index contributed by atoms with van der Waals surface area (Å²) < 4.78 is 0. The predicted octanol–water partition coefficient (Wildman–Crippen LogP) is 2.25. The van der Waals surface area contributed by atoms with Gasteiger partial charge in [-0.3, -0.25) is 0 Å². The van der Waals surface area contributed by atoms with E-state index in [2.05, 4.69) is 43.1 Å². The molecule has 0 spiro atoms. The van der Waals surface area contributed by atoms with Gasteiger partial charge in [0.15, 0.2) is 0 Å². The molecule has 0 aromatic heterocycles. The van der Waals surface area contributed by atoms with Crippen molar-refractivity contribution in [2.75, 3.05) is 18.5 Å². The van der Waals surface area contributed by atoms with E-state index in [-0.39, 0.29) is 5.54 Å². The Labute approximate surface area is 92.1 Å². The second-order valence-electron chi connectivity index (χ2n) is 4.97. The van der Waals surface area contributed by atoms with Crippen LogP contribution in [0.4, 0.5) is 5.69 Å². The van der Waals surface area contributed by atoms with E-state index in [4.69, 9.17) is 5.73 Å². The fraction of sp³-hybridized carbons (Fsp3) is 0.538. The molecule has 2 nitrogen and oxygen atoms in total. The first-order valence-electron chi connectivity index (χ1n) is 5.65. The number of rotatable bonds is 4. The zero-order chi connectivity index (χ0) is 10.9. The highest BCUT2D eigenvalue weighted by Gasteiger charge is 2.38. The van der Waals surface area contributed by atoms with E-state index in [1.54, 1.807) is 0 Å². The molecule has 1 atom stereocenters. The molecule has 0 heterocycles. The molecule has 0 radical (unpaired) electrons. The summed E-state index contributed by atoms with van der Waals surface area (Å²) in [4.78, 5) is 2.25. The molecule has 2 rings (SSSR count). The van der Waals surface area contributed by atoms with E-state index in [0.717, 1.165) is 12.5 Å². The van der Waals surface area contributed by atoms with Crippen LogP contribution in [0.3, 0.4) is 0 Å². The van der Waals surface area contributed by atoms with Crippen LogP contribution in [0.5, 0.6) is 0 Å². The maximum absolute atomic E-state index is 6.32. The molecule has 1 unspecified atom stereocenters. The van der Waals surface area contributed by atoms with E-state index in [1.165, 1.54) is 18.5 Å². The van der Waals surface area contributed by atoms with E-state index in [9.17, 15) is 0 Å². The van der Waals surface area contributed by atoms with Gasteiger partial charge in [0.1, 0.15) is 0 Å². The fourth-order valence-corrected chi connectivity index (χ4v) is 2.16. The fourth-order valence-electron chi connectivity index (χ4n) is 2.16. The van der Waals surface area contributed by atoms with Crippen molar-refractivity contribution < 1.29 is 0 Å². The molecule has 1 fully saturated rings. The molecule has 1 aliphatic rings. The summed E-state index contributed by atoms with van der Waals surface area (Å²) in [5.41, 5.74) is 7.53. The monoisotopic (exact) mass is 204 g/mol. The Balaban J connectivity index is 2.00. The maximum Gasteiger partial charge on any atom is 0.0364 e. The molecule has 82 valence electrons. The number of nitrogens with zero attached hydrogens (tertiary/aromatic N) is 1. The Morgan fingerprint density at radius 1 is 1.33 bits per heavy atom. The first-order chi connectivity index (χ1) is 7.09. The van der Waals surface area contributed by atoms with E-state index < -0.39 is 0 Å². The summed E-state index contributed by atoms with van der Waals surface area (Å²) in [7, 11) is 2.11. The van der Waals surface area contributed by atoms with Crippen molar-refractivity contribution in [2.24, 2.45) is 11.7 Å². The number of benzene rings is 1. The van der Waals surface area contributed by atoms with Gasteiger partial charge in [0, 0.05) is 24.8 Å². The van der Waals surface area contributed by atoms with Crippen molar-refractivity contribution in [2.45, 2.75) is 25.3 Å². The Kier molecular flexibility index (Phi) is 2.70. The molecule has 15 heavy (non-hydrogen) atoms. The number of hydrogen-bond donors (Lipinski definition) is 1. The summed E-state index contributed by atoms with van der Waals surface area (Å²) in [6.45, 7) is 3.10. The number of para-hydroxylation sites is 1. The molecule has 1 saturated carbocycles. The van der Waals surface area contributed by atoms with Gasteiger partial charge in [0.05, 0.1) is 0 Å². The molecule has 2 heteroatoms. The molecule has 2 N–H and O–H groups in total. The van der Waals surface area contributed by atoms with E-state index >= 15 is 0 Å². The summed E-state index contributed by atoms with van der Waals surface area (Å²) in [5.74, 6) is 0.726. The highest BCUT2D eigenvalue weighted by atomic mass is 15.1. The molecule has 0 bridgehead atoms. The molecular weight excluding hydrogens is 184 g/mol. The number of hydrogen-bond acceptors (Lipinski definition) is 2. The van der Waals surface area contributed by atoms with Crippen molar-refractivity contribution in [1.29, 1.82) is 0 Å². The van der Waals surface area contributed by atoms with Crippen molar-refractivity contribution in [3.8, 4) is 0 Å². The summed E-state index contributed by atoms with van der Waals surface area (Å²) in [6.07, 6.45) is 2.60. The lowest BCUT2D eigenvalue weighted by Gasteiger charge is -2.31. The molecule has 0 aliphatic heterocycles. The van der Waals surface area contributed by atoms with Gasteiger partial charge < -0.3 is 10.6 Å². The first kappa shape index (κ1) is 10.5. The summed E-state index contributed by atoms with van der Waals surface area (Å²) in [5, 5.41) is 0. The van der Waals surface area contributed by atoms with Gasteiger partial charge in [0.25, 0.3) is 0 Å². The quantitative estimate of drug-likeness (QED) is 0.815. The average Bonchev–Trinajstić information content (AvgIpc) is 3.01. The normalized spacial score (nSPS) is 19.7. The van der Waals surface area contributed by atoms with Gasteiger partial charge in [-0.1, -0.05) is 18.2 Å². The Morgan fingerprint density at radius 3 is 2.47 bits per heavy atom. The van der Waals surface area contributed by atoms with Crippen LogP contribution in [0.15, 0.2) is 30.3 Å². The van der Waals surface area contributed by atoms with Gasteiger partial charge in [-0.05, 0) is 37.8 Å². The summed E-state index contributed by atoms with van der Waals surface area (Å²) in [6, 6.07) is 10.4. The topological polar surface area (TPSA) is 29.3 Å². The van der Waals surface area contributed by atoms with Crippen LogP contribution in [0, 0.1) is 5.92 Å². The van der Waals surface area contributed by atoms with Crippen molar-refractivity contribution >= 4 is 5.69 Å². The standard InChI is InChI=1S/C13H20N2/c1-13(14,11-8-9-11)10-15(2)12-6-4-3-5-7-12/h3-7,11H,8-10,14H2,1-2H3. The first-order valence-corrected chi connectivity index (χ1v) is 5.65. The lowest BCUT2D eigenvalue weighted by molar-refractivity contribution is 0.412. The second-order valence-corrected chi connectivity index (χ2v) is 4.97. The van der Waals surface area contributed by atoms with Crippen LogP contribution in [0.25, 0.3) is 0 Å². The third-order valence-corrected chi connectivity index (χ3v) is 3.28. The van der Waals surface area contributed by atoms with Gasteiger partial charge in [0.2, 0.25) is 0 Å². The lowest BCUT2D eigenvalue weighted by Crippen LogP contribution is -2.48. The van der Waals surface area contributed by atoms with Gasteiger partial charge >= 0.3 is 0 Å². The Bertz CT molecular complexity index is 315. The minimum absolute atomic E-state index is 0.0371. The minimum atomic E-state index is -0.0371. The highest BCUT2D eigenvalue weighted by Crippen LogP contribution is 2.38. The minimum Gasteiger partial charge on any atom is -0.373 e. The predicted molar refractivity (Wildman–Crippen MR) is 65.0 cm³/mol. The molecule has 0 saturated heterocycles. The van der Waals surface area contributed by atoms with Gasteiger partial charge in [-0.25, -0.2) is 0 Å². The van der Waals surface area contributed by atoms with Crippen LogP contribution < -0.4 is 10.6 Å². The van der Waals surface area contributed by atoms with E-state index in [1.807, 2.05) is 6.07 Å². The molecule has 1 aromatic carbocycles. The smallest absolute Gasteiger partial charge is 0.0364 e. The van der Waals surface area contributed by atoms with Crippen LogP contribution in [-0.2, 0) is 0 Å². The Hall–Kier alpha value is -1.02. The second kappa shape index (κ2) is 3.86. The zero-order valence-electron chi connectivity index (χ0n) is 9.61. The highest BCUT2D eigenvalue weighted by molar-refractivity contribution is 5.45. The number of anilines is 1. The van der Waals surface area contributed by atoms with Crippen LogP contribution >= 0.6 is 0 Å². The van der Waals surface area contributed by atoms with Crippen LogP contribution in [-0.4, -0.2) is 19.1 Å². The van der Waals surface area contributed by atoms with Crippen molar-refractivity contribution in [1.82, 2.24) is 0 Å². The van der Waals surface area contributed by atoms with Crippen molar-refractivity contribution in [3.63, 3.8) is 0 Å². The van der Waals surface area contributed by atoms with Crippen molar-refractivity contribution in [3.05, 3.63) is 30.3 Å². The average molecular weight is 204 g/mol. The SMILES string of the molecule is CN(CC(C)(N)C1CC1)c1ccccc1. The zero-order valence-corrected chi connectivity index (χ0v) is 9.61. The molecule has 0 amide bonds. The molecule has 1 aromatic rings. The van der Waals surface area contributed by atoms with E-state index in [0.29, 0.717) is 0 Å². The maximum atomic E-state index is 6.32. The Morgan fingerprint density at radius 2 is 1.93 bits per heavy atom. The molecule has 1 aliphatic carbocycles. The lowest BCUT2D eigenvalue weighted by atomic mass is 9.96. The van der Waals surface area contributed by atoms with Gasteiger partial charge in [-0.2, -0.15) is 0 Å². The number of nitrogens with two attached hydrogens (primary N) is 1. The molecular formula is C13H20N2. The largest absolute Gasteiger partial charge is 0.373 e. The van der Waals surface area contributed by atoms with Gasteiger partial charge in [-0.15, -0.1) is 0 Å². The third kappa shape index (κ3) is 2.51.